The second-order valence-electron chi connectivity index (χ2n) is 4.45. The number of likely N-dealkylation sites (N-methyl/N-ethyl adjacent to an activating group) is 1. The quantitative estimate of drug-likeness (QED) is 0.457. The highest BCUT2D eigenvalue weighted by molar-refractivity contribution is 5.42. The maximum Gasteiger partial charge on any atom is 0.272 e. The van der Waals surface area contributed by atoms with Gasteiger partial charge in [-0.15, -0.1) is 0 Å². The maximum absolute atomic E-state index is 10.8. The number of nitrogens with zero attached hydrogens (tertiary/aromatic N) is 2. The Morgan fingerprint density at radius 2 is 2.17 bits per heavy atom. The van der Waals surface area contributed by atoms with Crippen molar-refractivity contribution in [2.45, 2.75) is 20.4 Å². The Labute approximate surface area is 108 Å². The number of aryl methyl sites for hydroxylation is 1. The van der Waals surface area contributed by atoms with Gasteiger partial charge in [0.05, 0.1) is 4.92 Å². The van der Waals surface area contributed by atoms with E-state index in [1.807, 2.05) is 6.07 Å². The molecule has 18 heavy (non-hydrogen) atoms. The molecule has 0 bridgehead atoms. The number of rotatable bonds is 7. The first kappa shape index (κ1) is 14.6. The lowest BCUT2D eigenvalue weighted by atomic mass is 10.1. The Hall–Kier alpha value is -1.46. The highest BCUT2D eigenvalue weighted by Gasteiger charge is 2.10. The minimum absolute atomic E-state index is 0.194. The molecule has 1 aromatic rings. The van der Waals surface area contributed by atoms with Crippen LogP contribution in [0, 0.1) is 17.0 Å². The zero-order chi connectivity index (χ0) is 13.5. The Balaban J connectivity index is 2.48. The molecule has 0 aliphatic carbocycles. The summed E-state index contributed by atoms with van der Waals surface area (Å²) < 4.78 is 0. The molecule has 0 aromatic heterocycles. The third-order valence-electron chi connectivity index (χ3n) is 3.01. The minimum Gasteiger partial charge on any atom is -0.311 e. The second-order valence-corrected chi connectivity index (χ2v) is 4.45. The lowest BCUT2D eigenvalue weighted by Crippen LogP contribution is -2.28. The standard InChI is InChI=1S/C13H21N3O2/c1-4-15(3)8-7-14-10-12-6-5-11(2)13(9-12)16(17)18/h5-6,9,14H,4,7-8,10H2,1-3H3. The van der Waals surface area contributed by atoms with Gasteiger partial charge in [-0.2, -0.15) is 0 Å². The van der Waals surface area contributed by atoms with Crippen molar-refractivity contribution in [3.63, 3.8) is 0 Å². The van der Waals surface area contributed by atoms with Gasteiger partial charge in [0.2, 0.25) is 0 Å². The van der Waals surface area contributed by atoms with Crippen LogP contribution in [-0.2, 0) is 6.54 Å². The maximum atomic E-state index is 10.8. The van der Waals surface area contributed by atoms with Crippen LogP contribution in [0.1, 0.15) is 18.1 Å². The summed E-state index contributed by atoms with van der Waals surface area (Å²) in [5.41, 5.74) is 1.85. The van der Waals surface area contributed by atoms with Gasteiger partial charge in [-0.05, 0) is 26.1 Å². The predicted octanol–water partition coefficient (Wildman–Crippen LogP) is 1.94. The molecule has 0 fully saturated rings. The van der Waals surface area contributed by atoms with Crippen molar-refractivity contribution in [2.24, 2.45) is 0 Å². The van der Waals surface area contributed by atoms with E-state index in [4.69, 9.17) is 0 Å². The number of nitro benzene ring substituents is 1. The van der Waals surface area contributed by atoms with E-state index in [-0.39, 0.29) is 10.6 Å². The van der Waals surface area contributed by atoms with Crippen LogP contribution < -0.4 is 5.32 Å². The van der Waals surface area contributed by atoms with E-state index in [9.17, 15) is 10.1 Å². The topological polar surface area (TPSA) is 58.4 Å². The number of hydrogen-bond donors (Lipinski definition) is 1. The SMILES string of the molecule is CCN(C)CCNCc1ccc(C)c([N+](=O)[O-])c1. The monoisotopic (exact) mass is 251 g/mol. The van der Waals surface area contributed by atoms with E-state index in [1.165, 1.54) is 0 Å². The normalized spacial score (nSPS) is 10.9. The summed E-state index contributed by atoms with van der Waals surface area (Å²) in [4.78, 5) is 12.7. The summed E-state index contributed by atoms with van der Waals surface area (Å²) in [7, 11) is 2.07. The lowest BCUT2D eigenvalue weighted by molar-refractivity contribution is -0.385. The molecule has 0 saturated carbocycles. The molecule has 5 heteroatoms. The molecule has 100 valence electrons. The van der Waals surface area contributed by atoms with Gasteiger partial charge in [-0.3, -0.25) is 10.1 Å². The molecule has 0 aliphatic heterocycles. The largest absolute Gasteiger partial charge is 0.311 e. The van der Waals surface area contributed by atoms with Crippen LogP contribution in [0.15, 0.2) is 18.2 Å². The predicted molar refractivity (Wildman–Crippen MR) is 72.7 cm³/mol. The van der Waals surface area contributed by atoms with Gasteiger partial charge in [0, 0.05) is 31.3 Å². The Kier molecular flexibility index (Phi) is 5.74. The molecule has 0 saturated heterocycles. The third-order valence-corrected chi connectivity index (χ3v) is 3.01. The van der Waals surface area contributed by atoms with Crippen LogP contribution in [0.3, 0.4) is 0 Å². The van der Waals surface area contributed by atoms with E-state index >= 15 is 0 Å². The molecule has 0 spiro atoms. The van der Waals surface area contributed by atoms with Crippen LogP contribution in [0.25, 0.3) is 0 Å². The van der Waals surface area contributed by atoms with Crippen LogP contribution in [0.4, 0.5) is 5.69 Å². The smallest absolute Gasteiger partial charge is 0.272 e. The Bertz CT molecular complexity index is 407. The van der Waals surface area contributed by atoms with E-state index in [1.54, 1.807) is 19.1 Å². The first-order valence-electron chi connectivity index (χ1n) is 6.17. The third kappa shape index (κ3) is 4.43. The first-order chi connectivity index (χ1) is 8.54. The molecule has 0 unspecified atom stereocenters. The molecule has 0 amide bonds. The molecule has 0 heterocycles. The van der Waals surface area contributed by atoms with Gasteiger partial charge >= 0.3 is 0 Å². The zero-order valence-electron chi connectivity index (χ0n) is 11.3. The zero-order valence-corrected chi connectivity index (χ0v) is 11.3. The fraction of sp³-hybridized carbons (Fsp3) is 0.538. The molecule has 1 rings (SSSR count). The van der Waals surface area contributed by atoms with Crippen molar-refractivity contribution in [1.82, 2.24) is 10.2 Å². The van der Waals surface area contributed by atoms with Crippen LogP contribution in [-0.4, -0.2) is 36.5 Å². The van der Waals surface area contributed by atoms with Crippen LogP contribution in [0.2, 0.25) is 0 Å². The Morgan fingerprint density at radius 1 is 1.44 bits per heavy atom. The van der Waals surface area contributed by atoms with E-state index < -0.39 is 0 Å². The van der Waals surface area contributed by atoms with Gasteiger partial charge in [0.15, 0.2) is 0 Å². The van der Waals surface area contributed by atoms with Crippen molar-refractivity contribution >= 4 is 5.69 Å². The highest BCUT2D eigenvalue weighted by atomic mass is 16.6. The molecule has 5 nitrogen and oxygen atoms in total. The summed E-state index contributed by atoms with van der Waals surface area (Å²) in [5, 5.41) is 14.1. The van der Waals surface area contributed by atoms with Crippen molar-refractivity contribution in [2.75, 3.05) is 26.7 Å². The lowest BCUT2D eigenvalue weighted by Gasteiger charge is -2.14. The van der Waals surface area contributed by atoms with Crippen molar-refractivity contribution < 1.29 is 4.92 Å². The summed E-state index contributed by atoms with van der Waals surface area (Å²) >= 11 is 0. The van der Waals surface area contributed by atoms with E-state index in [0.29, 0.717) is 12.1 Å². The molecular formula is C13H21N3O2. The average molecular weight is 251 g/mol. The summed E-state index contributed by atoms with van der Waals surface area (Å²) in [5.74, 6) is 0. The summed E-state index contributed by atoms with van der Waals surface area (Å²) in [6, 6.07) is 5.37. The molecular weight excluding hydrogens is 230 g/mol. The highest BCUT2D eigenvalue weighted by Crippen LogP contribution is 2.18. The minimum atomic E-state index is -0.330. The van der Waals surface area contributed by atoms with Gasteiger partial charge in [-0.1, -0.05) is 19.1 Å². The summed E-state index contributed by atoms with van der Waals surface area (Å²) in [6.45, 7) is 7.42. The van der Waals surface area contributed by atoms with Crippen molar-refractivity contribution in [1.29, 1.82) is 0 Å². The van der Waals surface area contributed by atoms with Gasteiger partial charge in [0.25, 0.3) is 5.69 Å². The average Bonchev–Trinajstić information content (AvgIpc) is 2.35. The number of hydrogen-bond acceptors (Lipinski definition) is 4. The van der Waals surface area contributed by atoms with Crippen molar-refractivity contribution in [3.05, 3.63) is 39.4 Å². The summed E-state index contributed by atoms with van der Waals surface area (Å²) in [6.07, 6.45) is 0. The molecule has 0 aliphatic rings. The van der Waals surface area contributed by atoms with E-state index in [0.717, 1.165) is 25.2 Å². The molecule has 0 radical (unpaired) electrons. The van der Waals surface area contributed by atoms with Crippen molar-refractivity contribution in [3.8, 4) is 0 Å². The molecule has 0 atom stereocenters. The molecule has 1 aromatic carbocycles. The Morgan fingerprint density at radius 3 is 2.78 bits per heavy atom. The first-order valence-corrected chi connectivity index (χ1v) is 6.17. The van der Waals surface area contributed by atoms with Gasteiger partial charge < -0.3 is 10.2 Å². The number of nitro groups is 1. The van der Waals surface area contributed by atoms with Gasteiger partial charge in [-0.25, -0.2) is 0 Å². The fourth-order valence-electron chi connectivity index (χ4n) is 1.62. The second kappa shape index (κ2) is 7.08. The van der Waals surface area contributed by atoms with Crippen LogP contribution >= 0.6 is 0 Å². The fourth-order valence-corrected chi connectivity index (χ4v) is 1.62. The van der Waals surface area contributed by atoms with E-state index in [2.05, 4.69) is 24.2 Å². The van der Waals surface area contributed by atoms with Crippen LogP contribution in [0.5, 0.6) is 0 Å². The number of benzene rings is 1. The van der Waals surface area contributed by atoms with Gasteiger partial charge in [0.1, 0.15) is 0 Å². The number of nitrogens with one attached hydrogen (secondary N) is 1. The molecule has 1 N–H and O–H groups in total.